The van der Waals surface area contributed by atoms with Gasteiger partial charge in [0.15, 0.2) is 0 Å². The number of hydrogen-bond acceptors (Lipinski definition) is 4. The number of nitrogens with one attached hydrogen (secondary N) is 1. The second-order valence-corrected chi connectivity index (χ2v) is 4.36. The number of anilines is 1. The van der Waals surface area contributed by atoms with Crippen LogP contribution in [0.2, 0.25) is 0 Å². The minimum Gasteiger partial charge on any atom is -0.465 e. The number of benzene rings is 2. The van der Waals surface area contributed by atoms with Crippen LogP contribution in [0.25, 0.3) is 0 Å². The summed E-state index contributed by atoms with van der Waals surface area (Å²) in [5.41, 5.74) is 3.35. The van der Waals surface area contributed by atoms with E-state index in [1.54, 1.807) is 12.1 Å². The summed E-state index contributed by atoms with van der Waals surface area (Å²) in [6, 6.07) is 14.8. The number of esters is 1. The van der Waals surface area contributed by atoms with Crippen molar-refractivity contribution in [3.05, 3.63) is 65.2 Å². The molecular weight excluding hydrogens is 254 g/mol. The molecule has 0 saturated heterocycles. The van der Waals surface area contributed by atoms with E-state index in [9.17, 15) is 9.90 Å². The van der Waals surface area contributed by atoms with Crippen LogP contribution >= 0.6 is 0 Å². The standard InChI is InChI=1S/C16H17NO3/c1-20-16(19)13-8-6-12(7-9-13)10-17-15-5-3-2-4-14(15)11-18/h2-9,17-18H,10-11H2,1H3. The molecule has 0 fully saturated rings. The van der Waals surface area contributed by atoms with Gasteiger partial charge in [-0.05, 0) is 23.8 Å². The van der Waals surface area contributed by atoms with E-state index in [-0.39, 0.29) is 12.6 Å². The first-order valence-electron chi connectivity index (χ1n) is 6.34. The van der Waals surface area contributed by atoms with Crippen molar-refractivity contribution in [2.24, 2.45) is 0 Å². The Hall–Kier alpha value is -2.33. The fourth-order valence-electron chi connectivity index (χ4n) is 1.90. The normalized spacial score (nSPS) is 10.1. The molecule has 0 saturated carbocycles. The molecule has 0 spiro atoms. The molecule has 0 radical (unpaired) electrons. The van der Waals surface area contributed by atoms with Gasteiger partial charge in [0, 0.05) is 17.8 Å². The zero-order valence-electron chi connectivity index (χ0n) is 11.3. The van der Waals surface area contributed by atoms with Crippen molar-refractivity contribution in [3.8, 4) is 0 Å². The lowest BCUT2D eigenvalue weighted by Crippen LogP contribution is -2.04. The van der Waals surface area contributed by atoms with E-state index in [0.29, 0.717) is 12.1 Å². The van der Waals surface area contributed by atoms with Gasteiger partial charge in [-0.25, -0.2) is 4.79 Å². The summed E-state index contributed by atoms with van der Waals surface area (Å²) in [5.74, 6) is -0.338. The third-order valence-electron chi connectivity index (χ3n) is 3.05. The van der Waals surface area contributed by atoms with Gasteiger partial charge in [0.05, 0.1) is 19.3 Å². The topological polar surface area (TPSA) is 58.6 Å². The quantitative estimate of drug-likeness (QED) is 0.821. The molecule has 2 aromatic carbocycles. The van der Waals surface area contributed by atoms with Crippen molar-refractivity contribution >= 4 is 11.7 Å². The number of rotatable bonds is 5. The van der Waals surface area contributed by atoms with Crippen molar-refractivity contribution in [1.82, 2.24) is 0 Å². The maximum Gasteiger partial charge on any atom is 0.337 e. The fourth-order valence-corrected chi connectivity index (χ4v) is 1.90. The maximum atomic E-state index is 11.3. The molecular formula is C16H17NO3. The molecule has 20 heavy (non-hydrogen) atoms. The number of carbonyl (C=O) groups is 1. The smallest absolute Gasteiger partial charge is 0.337 e. The van der Waals surface area contributed by atoms with Gasteiger partial charge in [-0.1, -0.05) is 30.3 Å². The van der Waals surface area contributed by atoms with E-state index in [1.165, 1.54) is 7.11 Å². The largest absolute Gasteiger partial charge is 0.465 e. The highest BCUT2D eigenvalue weighted by molar-refractivity contribution is 5.89. The predicted molar refractivity (Wildman–Crippen MR) is 77.5 cm³/mol. The number of carbonyl (C=O) groups excluding carboxylic acids is 1. The Balaban J connectivity index is 2.02. The summed E-state index contributed by atoms with van der Waals surface area (Å²) in [5, 5.41) is 12.5. The summed E-state index contributed by atoms with van der Waals surface area (Å²) in [6.45, 7) is 0.628. The minimum atomic E-state index is -0.338. The van der Waals surface area contributed by atoms with E-state index >= 15 is 0 Å². The highest BCUT2D eigenvalue weighted by Gasteiger charge is 2.04. The van der Waals surface area contributed by atoms with Gasteiger partial charge in [0.2, 0.25) is 0 Å². The fraction of sp³-hybridized carbons (Fsp3) is 0.188. The number of aliphatic hydroxyl groups excluding tert-OH is 1. The molecule has 0 unspecified atom stereocenters. The Bertz CT molecular complexity index is 579. The van der Waals surface area contributed by atoms with Crippen LogP contribution in [0.4, 0.5) is 5.69 Å². The van der Waals surface area contributed by atoms with Crippen molar-refractivity contribution in [2.75, 3.05) is 12.4 Å². The molecule has 4 heteroatoms. The van der Waals surface area contributed by atoms with E-state index in [1.807, 2.05) is 36.4 Å². The van der Waals surface area contributed by atoms with E-state index in [2.05, 4.69) is 10.1 Å². The van der Waals surface area contributed by atoms with E-state index < -0.39 is 0 Å². The van der Waals surface area contributed by atoms with Crippen molar-refractivity contribution in [1.29, 1.82) is 0 Å². The summed E-state index contributed by atoms with van der Waals surface area (Å²) in [4.78, 5) is 11.3. The first-order valence-corrected chi connectivity index (χ1v) is 6.34. The van der Waals surface area contributed by atoms with Crippen LogP contribution < -0.4 is 5.32 Å². The first kappa shape index (κ1) is 14.1. The molecule has 0 aliphatic carbocycles. The second-order valence-electron chi connectivity index (χ2n) is 4.36. The molecule has 0 aromatic heterocycles. The third kappa shape index (κ3) is 3.36. The number of hydrogen-bond donors (Lipinski definition) is 2. The van der Waals surface area contributed by atoms with Crippen LogP contribution in [0.3, 0.4) is 0 Å². The average Bonchev–Trinajstić information content (AvgIpc) is 2.53. The summed E-state index contributed by atoms with van der Waals surface area (Å²) >= 11 is 0. The van der Waals surface area contributed by atoms with Gasteiger partial charge in [-0.2, -0.15) is 0 Å². The minimum absolute atomic E-state index is 0.00442. The molecule has 0 atom stereocenters. The van der Waals surface area contributed by atoms with Gasteiger partial charge in [-0.3, -0.25) is 0 Å². The van der Waals surface area contributed by atoms with Crippen LogP contribution in [0.15, 0.2) is 48.5 Å². The van der Waals surface area contributed by atoms with Gasteiger partial charge in [0.1, 0.15) is 0 Å². The Kier molecular flexibility index (Phi) is 4.74. The van der Waals surface area contributed by atoms with Crippen molar-refractivity contribution < 1.29 is 14.6 Å². The SMILES string of the molecule is COC(=O)c1ccc(CNc2ccccc2CO)cc1. The van der Waals surface area contributed by atoms with Crippen molar-refractivity contribution in [3.63, 3.8) is 0 Å². The number of ether oxygens (including phenoxy) is 1. The third-order valence-corrected chi connectivity index (χ3v) is 3.05. The summed E-state index contributed by atoms with van der Waals surface area (Å²) < 4.78 is 4.65. The summed E-state index contributed by atoms with van der Waals surface area (Å²) in [6.07, 6.45) is 0. The monoisotopic (exact) mass is 271 g/mol. The number of aliphatic hydroxyl groups is 1. The van der Waals surface area contributed by atoms with Gasteiger partial charge < -0.3 is 15.2 Å². The molecule has 2 aromatic rings. The van der Waals surface area contributed by atoms with Gasteiger partial charge in [0.25, 0.3) is 0 Å². The van der Waals surface area contributed by atoms with Crippen LogP contribution in [-0.4, -0.2) is 18.2 Å². The Morgan fingerprint density at radius 3 is 2.50 bits per heavy atom. The highest BCUT2D eigenvalue weighted by atomic mass is 16.5. The molecule has 0 heterocycles. The molecule has 2 N–H and O–H groups in total. The highest BCUT2D eigenvalue weighted by Crippen LogP contribution is 2.16. The Labute approximate surface area is 118 Å². The molecule has 4 nitrogen and oxygen atoms in total. The molecule has 0 aliphatic rings. The zero-order valence-corrected chi connectivity index (χ0v) is 11.3. The molecule has 0 bridgehead atoms. The van der Waals surface area contributed by atoms with Crippen LogP contribution in [0.5, 0.6) is 0 Å². The number of methoxy groups -OCH3 is 1. The maximum absolute atomic E-state index is 11.3. The lowest BCUT2D eigenvalue weighted by atomic mass is 10.1. The Morgan fingerprint density at radius 2 is 1.85 bits per heavy atom. The summed E-state index contributed by atoms with van der Waals surface area (Å²) in [7, 11) is 1.36. The predicted octanol–water partition coefficient (Wildman–Crippen LogP) is 2.58. The molecule has 2 rings (SSSR count). The lowest BCUT2D eigenvalue weighted by molar-refractivity contribution is 0.0600. The van der Waals surface area contributed by atoms with E-state index in [4.69, 9.17) is 0 Å². The van der Waals surface area contributed by atoms with E-state index in [0.717, 1.165) is 16.8 Å². The lowest BCUT2D eigenvalue weighted by Gasteiger charge is -2.10. The van der Waals surface area contributed by atoms with Gasteiger partial charge in [-0.15, -0.1) is 0 Å². The van der Waals surface area contributed by atoms with Crippen molar-refractivity contribution in [2.45, 2.75) is 13.2 Å². The first-order chi connectivity index (χ1) is 9.74. The van der Waals surface area contributed by atoms with Crippen LogP contribution in [-0.2, 0) is 17.9 Å². The zero-order chi connectivity index (χ0) is 14.4. The molecule has 104 valence electrons. The van der Waals surface area contributed by atoms with Crippen LogP contribution in [0.1, 0.15) is 21.5 Å². The molecule has 0 amide bonds. The Morgan fingerprint density at radius 1 is 1.15 bits per heavy atom. The second kappa shape index (κ2) is 6.73. The molecule has 0 aliphatic heterocycles. The average molecular weight is 271 g/mol. The van der Waals surface area contributed by atoms with Gasteiger partial charge >= 0.3 is 5.97 Å². The van der Waals surface area contributed by atoms with Crippen LogP contribution in [0, 0.1) is 0 Å². The number of para-hydroxylation sites is 1.